The molecular formula is C12H17N5. The molecule has 90 valence electrons. The lowest BCUT2D eigenvalue weighted by Gasteiger charge is -2.18. The number of aromatic nitrogens is 4. The SMILES string of the molecule is Cc1ccc(N)c(-n2nnnc2C(C)(C)C)c1. The summed E-state index contributed by atoms with van der Waals surface area (Å²) >= 11 is 0. The van der Waals surface area contributed by atoms with E-state index in [1.807, 2.05) is 25.1 Å². The number of benzene rings is 1. The fraction of sp³-hybridized carbons (Fsp3) is 0.417. The van der Waals surface area contributed by atoms with E-state index in [2.05, 4.69) is 36.3 Å². The second kappa shape index (κ2) is 3.84. The molecule has 1 aromatic heterocycles. The molecule has 5 heteroatoms. The topological polar surface area (TPSA) is 69.6 Å². The summed E-state index contributed by atoms with van der Waals surface area (Å²) in [5.74, 6) is 0.801. The van der Waals surface area contributed by atoms with Crippen molar-refractivity contribution in [1.29, 1.82) is 0 Å². The Morgan fingerprint density at radius 3 is 2.59 bits per heavy atom. The number of anilines is 1. The first-order chi connectivity index (χ1) is 7.89. The summed E-state index contributed by atoms with van der Waals surface area (Å²) < 4.78 is 1.71. The van der Waals surface area contributed by atoms with Gasteiger partial charge in [0.15, 0.2) is 5.82 Å². The van der Waals surface area contributed by atoms with Crippen molar-refractivity contribution in [1.82, 2.24) is 20.2 Å². The van der Waals surface area contributed by atoms with E-state index in [0.29, 0.717) is 5.69 Å². The van der Waals surface area contributed by atoms with E-state index in [1.54, 1.807) is 4.68 Å². The lowest BCUT2D eigenvalue weighted by Crippen LogP contribution is -2.19. The second-order valence-electron chi connectivity index (χ2n) is 5.23. The van der Waals surface area contributed by atoms with Crippen LogP contribution in [0.15, 0.2) is 18.2 Å². The van der Waals surface area contributed by atoms with Crippen molar-refractivity contribution in [2.75, 3.05) is 5.73 Å². The van der Waals surface area contributed by atoms with Gasteiger partial charge >= 0.3 is 0 Å². The molecule has 0 saturated carbocycles. The van der Waals surface area contributed by atoms with E-state index in [1.165, 1.54) is 0 Å². The Kier molecular flexibility index (Phi) is 2.61. The van der Waals surface area contributed by atoms with Crippen LogP contribution in [0.4, 0.5) is 5.69 Å². The van der Waals surface area contributed by atoms with E-state index >= 15 is 0 Å². The van der Waals surface area contributed by atoms with E-state index in [9.17, 15) is 0 Å². The van der Waals surface area contributed by atoms with Gasteiger partial charge in [-0.1, -0.05) is 26.8 Å². The molecule has 0 bridgehead atoms. The highest BCUT2D eigenvalue weighted by molar-refractivity contribution is 5.58. The zero-order valence-electron chi connectivity index (χ0n) is 10.6. The monoisotopic (exact) mass is 231 g/mol. The predicted molar refractivity (Wildman–Crippen MR) is 67.0 cm³/mol. The molecule has 17 heavy (non-hydrogen) atoms. The van der Waals surface area contributed by atoms with Gasteiger partial charge in [-0.2, -0.15) is 4.68 Å². The zero-order chi connectivity index (χ0) is 12.6. The lowest BCUT2D eigenvalue weighted by atomic mass is 9.95. The first kappa shape index (κ1) is 11.6. The maximum absolute atomic E-state index is 5.98. The summed E-state index contributed by atoms with van der Waals surface area (Å²) in [7, 11) is 0. The van der Waals surface area contributed by atoms with Crippen LogP contribution in [-0.2, 0) is 5.41 Å². The molecule has 2 rings (SSSR count). The molecule has 0 amide bonds. The highest BCUT2D eigenvalue weighted by Crippen LogP contribution is 2.24. The van der Waals surface area contributed by atoms with Gasteiger partial charge in [-0.15, -0.1) is 5.10 Å². The zero-order valence-corrected chi connectivity index (χ0v) is 10.6. The summed E-state index contributed by atoms with van der Waals surface area (Å²) in [6, 6.07) is 5.83. The standard InChI is InChI=1S/C12H17N5/c1-8-5-6-9(13)10(7-8)17-11(12(2,3)4)14-15-16-17/h5-7H,13H2,1-4H3. The first-order valence-electron chi connectivity index (χ1n) is 5.55. The maximum atomic E-state index is 5.98. The quantitative estimate of drug-likeness (QED) is 0.760. The normalized spacial score (nSPS) is 11.8. The summed E-state index contributed by atoms with van der Waals surface area (Å²) in [4.78, 5) is 0. The molecule has 0 unspecified atom stereocenters. The summed E-state index contributed by atoms with van der Waals surface area (Å²) in [6.45, 7) is 8.23. The maximum Gasteiger partial charge on any atom is 0.162 e. The van der Waals surface area contributed by atoms with Crippen LogP contribution >= 0.6 is 0 Å². The van der Waals surface area contributed by atoms with Gasteiger partial charge in [-0.3, -0.25) is 0 Å². The highest BCUT2D eigenvalue weighted by atomic mass is 15.5. The third-order valence-electron chi connectivity index (χ3n) is 2.55. The van der Waals surface area contributed by atoms with Crippen LogP contribution < -0.4 is 5.73 Å². The molecule has 2 N–H and O–H groups in total. The van der Waals surface area contributed by atoms with Gasteiger partial charge in [0.2, 0.25) is 0 Å². The van der Waals surface area contributed by atoms with E-state index in [4.69, 9.17) is 5.73 Å². The Morgan fingerprint density at radius 2 is 1.94 bits per heavy atom. The third kappa shape index (κ3) is 2.13. The van der Waals surface area contributed by atoms with Crippen molar-refractivity contribution < 1.29 is 0 Å². The van der Waals surface area contributed by atoms with Crippen LogP contribution in [0.2, 0.25) is 0 Å². The molecule has 0 atom stereocenters. The van der Waals surface area contributed by atoms with Crippen LogP contribution in [0, 0.1) is 6.92 Å². The van der Waals surface area contributed by atoms with Crippen LogP contribution in [-0.4, -0.2) is 20.2 Å². The van der Waals surface area contributed by atoms with Gasteiger partial charge in [0.1, 0.15) is 0 Å². The van der Waals surface area contributed by atoms with Crippen molar-refractivity contribution in [3.05, 3.63) is 29.6 Å². The van der Waals surface area contributed by atoms with Crippen LogP contribution in [0.25, 0.3) is 5.69 Å². The van der Waals surface area contributed by atoms with Gasteiger partial charge in [-0.25, -0.2) is 0 Å². The van der Waals surface area contributed by atoms with Crippen molar-refractivity contribution in [2.24, 2.45) is 0 Å². The van der Waals surface area contributed by atoms with Gasteiger partial charge in [0, 0.05) is 5.41 Å². The lowest BCUT2D eigenvalue weighted by molar-refractivity contribution is 0.526. The molecule has 2 aromatic rings. The molecular weight excluding hydrogens is 214 g/mol. The summed E-state index contributed by atoms with van der Waals surface area (Å²) in [6.07, 6.45) is 0. The summed E-state index contributed by atoms with van der Waals surface area (Å²) in [5, 5.41) is 11.9. The fourth-order valence-corrected chi connectivity index (χ4v) is 1.65. The molecule has 0 aliphatic rings. The largest absolute Gasteiger partial charge is 0.397 e. The predicted octanol–water partition coefficient (Wildman–Crippen LogP) is 1.85. The molecule has 0 radical (unpaired) electrons. The molecule has 5 nitrogen and oxygen atoms in total. The van der Waals surface area contributed by atoms with Gasteiger partial charge in [0.05, 0.1) is 11.4 Å². The minimum Gasteiger partial charge on any atom is -0.397 e. The third-order valence-corrected chi connectivity index (χ3v) is 2.55. The minimum absolute atomic E-state index is 0.125. The number of hydrogen-bond acceptors (Lipinski definition) is 4. The Bertz CT molecular complexity index is 536. The van der Waals surface area contributed by atoms with Crippen LogP contribution in [0.3, 0.4) is 0 Å². The molecule has 1 aromatic carbocycles. The van der Waals surface area contributed by atoms with Crippen LogP contribution in [0.5, 0.6) is 0 Å². The number of aryl methyl sites for hydroxylation is 1. The Hall–Kier alpha value is -1.91. The van der Waals surface area contributed by atoms with Crippen molar-refractivity contribution in [3.8, 4) is 5.69 Å². The van der Waals surface area contributed by atoms with Gasteiger partial charge < -0.3 is 5.73 Å². The van der Waals surface area contributed by atoms with Crippen LogP contribution in [0.1, 0.15) is 32.2 Å². The van der Waals surface area contributed by atoms with Gasteiger partial charge in [0.25, 0.3) is 0 Å². The van der Waals surface area contributed by atoms with Crippen molar-refractivity contribution in [2.45, 2.75) is 33.1 Å². The second-order valence-corrected chi connectivity index (χ2v) is 5.23. The number of nitrogen functional groups attached to an aromatic ring is 1. The average molecular weight is 231 g/mol. The molecule has 1 heterocycles. The first-order valence-corrected chi connectivity index (χ1v) is 5.55. The number of nitrogens with zero attached hydrogens (tertiary/aromatic N) is 4. The molecule has 0 aliphatic heterocycles. The Morgan fingerprint density at radius 1 is 1.24 bits per heavy atom. The number of hydrogen-bond donors (Lipinski definition) is 1. The smallest absolute Gasteiger partial charge is 0.162 e. The van der Waals surface area contributed by atoms with Crippen molar-refractivity contribution >= 4 is 5.69 Å². The number of nitrogens with two attached hydrogens (primary N) is 1. The van der Waals surface area contributed by atoms with E-state index in [-0.39, 0.29) is 5.41 Å². The Balaban J connectivity index is 2.61. The molecule has 0 aliphatic carbocycles. The highest BCUT2D eigenvalue weighted by Gasteiger charge is 2.23. The molecule has 0 spiro atoms. The molecule has 0 saturated heterocycles. The number of rotatable bonds is 1. The fourth-order valence-electron chi connectivity index (χ4n) is 1.65. The van der Waals surface area contributed by atoms with E-state index in [0.717, 1.165) is 17.1 Å². The number of tetrazole rings is 1. The van der Waals surface area contributed by atoms with Gasteiger partial charge in [-0.05, 0) is 35.0 Å². The summed E-state index contributed by atoms with van der Waals surface area (Å²) in [5.41, 5.74) is 8.49. The minimum atomic E-state index is -0.125. The van der Waals surface area contributed by atoms with Crippen molar-refractivity contribution in [3.63, 3.8) is 0 Å². The van der Waals surface area contributed by atoms with E-state index < -0.39 is 0 Å². The molecule has 0 fully saturated rings. The average Bonchev–Trinajstić information content (AvgIpc) is 2.69. The Labute approximate surface area is 101 Å².